The van der Waals surface area contributed by atoms with Crippen LogP contribution in [-0.2, 0) is 4.74 Å². The van der Waals surface area contributed by atoms with E-state index in [9.17, 15) is 22.4 Å². The number of carbonyl (C=O) groups is 1. The fraction of sp³-hybridized carbons (Fsp3) is 0.200. The topological polar surface area (TPSA) is 59.3 Å². The van der Waals surface area contributed by atoms with E-state index in [1.807, 2.05) is 0 Å². The Labute approximate surface area is 98.3 Å². The molecule has 0 aromatic heterocycles. The third-order valence-electron chi connectivity index (χ3n) is 1.80. The normalized spacial score (nSPS) is 10.7. The van der Waals surface area contributed by atoms with Crippen LogP contribution in [0.25, 0.3) is 0 Å². The Hall–Kier alpha value is -2.30. The molecule has 8 heteroatoms. The molecular formula is C10H5F4NO3. The van der Waals surface area contributed by atoms with Crippen LogP contribution in [0.3, 0.4) is 0 Å². The highest BCUT2D eigenvalue weighted by molar-refractivity contribution is 5.90. The van der Waals surface area contributed by atoms with Crippen LogP contribution in [0.2, 0.25) is 0 Å². The summed E-state index contributed by atoms with van der Waals surface area (Å²) in [5.41, 5.74) is -1.17. The van der Waals surface area contributed by atoms with Gasteiger partial charge in [-0.1, -0.05) is 0 Å². The lowest BCUT2D eigenvalue weighted by atomic mass is 10.1. The van der Waals surface area contributed by atoms with Crippen molar-refractivity contribution in [3.63, 3.8) is 0 Å². The first-order valence-corrected chi connectivity index (χ1v) is 4.36. The van der Waals surface area contributed by atoms with E-state index >= 15 is 0 Å². The minimum absolute atomic E-state index is 0.365. The Morgan fingerprint density at radius 3 is 2.44 bits per heavy atom. The van der Waals surface area contributed by atoms with Crippen LogP contribution in [0.4, 0.5) is 17.6 Å². The lowest BCUT2D eigenvalue weighted by Gasteiger charge is -2.11. The molecule has 0 bridgehead atoms. The number of nitriles is 1. The summed E-state index contributed by atoms with van der Waals surface area (Å²) in [6.07, 6.45) is -5.14. The highest BCUT2D eigenvalue weighted by atomic mass is 19.4. The number of hydrogen-bond donors (Lipinski definition) is 0. The fourth-order valence-corrected chi connectivity index (χ4v) is 1.12. The Kier molecular flexibility index (Phi) is 3.76. The summed E-state index contributed by atoms with van der Waals surface area (Å²) in [5.74, 6) is -4.02. The second-order valence-corrected chi connectivity index (χ2v) is 2.99. The summed E-state index contributed by atoms with van der Waals surface area (Å²) in [7, 11) is 0.922. The maximum atomic E-state index is 13.5. The van der Waals surface area contributed by atoms with Crippen LogP contribution in [0.5, 0.6) is 5.75 Å². The number of nitrogens with zero attached hydrogens (tertiary/aromatic N) is 1. The van der Waals surface area contributed by atoms with Crippen LogP contribution in [0, 0.1) is 17.1 Å². The van der Waals surface area contributed by atoms with E-state index in [-0.39, 0.29) is 5.56 Å². The molecule has 0 saturated carbocycles. The zero-order valence-corrected chi connectivity index (χ0v) is 8.84. The van der Waals surface area contributed by atoms with Crippen molar-refractivity contribution >= 4 is 5.97 Å². The molecule has 0 N–H and O–H groups in total. The minimum atomic E-state index is -5.14. The molecule has 1 aromatic carbocycles. The number of halogens is 4. The van der Waals surface area contributed by atoms with Crippen LogP contribution < -0.4 is 4.74 Å². The molecule has 0 heterocycles. The molecular weight excluding hydrogens is 258 g/mol. The maximum Gasteiger partial charge on any atom is 0.573 e. The van der Waals surface area contributed by atoms with Crippen LogP contribution in [0.1, 0.15) is 15.9 Å². The average Bonchev–Trinajstić information content (AvgIpc) is 2.29. The SMILES string of the molecule is COC(=O)c1cc(C#N)cc(OC(F)(F)F)c1F. The molecule has 0 aliphatic carbocycles. The third-order valence-corrected chi connectivity index (χ3v) is 1.80. The van der Waals surface area contributed by atoms with E-state index in [2.05, 4.69) is 9.47 Å². The van der Waals surface area contributed by atoms with E-state index in [0.29, 0.717) is 6.07 Å². The van der Waals surface area contributed by atoms with Crippen molar-refractivity contribution in [1.29, 1.82) is 5.26 Å². The fourth-order valence-electron chi connectivity index (χ4n) is 1.12. The number of benzene rings is 1. The Morgan fingerprint density at radius 1 is 1.39 bits per heavy atom. The smallest absolute Gasteiger partial charge is 0.465 e. The molecule has 0 saturated heterocycles. The number of rotatable bonds is 2. The van der Waals surface area contributed by atoms with Gasteiger partial charge < -0.3 is 9.47 Å². The minimum Gasteiger partial charge on any atom is -0.465 e. The summed E-state index contributed by atoms with van der Waals surface area (Å²) in [4.78, 5) is 11.1. The van der Waals surface area contributed by atoms with Gasteiger partial charge in [-0.25, -0.2) is 9.18 Å². The van der Waals surface area contributed by atoms with Crippen molar-refractivity contribution in [1.82, 2.24) is 0 Å². The van der Waals surface area contributed by atoms with Gasteiger partial charge in [-0.2, -0.15) is 5.26 Å². The monoisotopic (exact) mass is 263 g/mol. The zero-order chi connectivity index (χ0) is 13.9. The standard InChI is InChI=1S/C10H5F4NO3/c1-17-9(16)6-2-5(4-15)3-7(8(6)11)18-10(12,13)14/h2-3H,1H3. The lowest BCUT2D eigenvalue weighted by Crippen LogP contribution is -2.19. The Balaban J connectivity index is 3.35. The molecule has 0 amide bonds. The molecule has 0 aliphatic heterocycles. The molecule has 4 nitrogen and oxygen atoms in total. The maximum absolute atomic E-state index is 13.5. The lowest BCUT2D eigenvalue weighted by molar-refractivity contribution is -0.275. The van der Waals surface area contributed by atoms with Gasteiger partial charge in [0.15, 0.2) is 11.6 Å². The van der Waals surface area contributed by atoms with E-state index in [0.717, 1.165) is 13.2 Å². The van der Waals surface area contributed by atoms with E-state index in [1.54, 1.807) is 0 Å². The van der Waals surface area contributed by atoms with Gasteiger partial charge >= 0.3 is 12.3 Å². The van der Waals surface area contributed by atoms with Crippen LogP contribution in [-0.4, -0.2) is 19.4 Å². The number of esters is 1. The largest absolute Gasteiger partial charge is 0.573 e. The number of carbonyl (C=O) groups excluding carboxylic acids is 1. The van der Waals surface area contributed by atoms with Crippen molar-refractivity contribution < 1.29 is 31.8 Å². The first-order valence-electron chi connectivity index (χ1n) is 4.36. The molecule has 1 aromatic rings. The molecule has 0 atom stereocenters. The summed E-state index contributed by atoms with van der Waals surface area (Å²) in [6, 6.07) is 2.78. The van der Waals surface area contributed by atoms with Crippen LogP contribution in [0.15, 0.2) is 12.1 Å². The van der Waals surface area contributed by atoms with Crippen molar-refractivity contribution in [2.45, 2.75) is 6.36 Å². The highest BCUT2D eigenvalue weighted by Gasteiger charge is 2.33. The second-order valence-electron chi connectivity index (χ2n) is 2.99. The van der Waals surface area contributed by atoms with Gasteiger partial charge in [0.25, 0.3) is 0 Å². The van der Waals surface area contributed by atoms with E-state index in [1.165, 1.54) is 6.07 Å². The highest BCUT2D eigenvalue weighted by Crippen LogP contribution is 2.29. The molecule has 0 aliphatic rings. The van der Waals surface area contributed by atoms with Crippen molar-refractivity contribution in [3.8, 4) is 11.8 Å². The van der Waals surface area contributed by atoms with Gasteiger partial charge in [0, 0.05) is 6.07 Å². The van der Waals surface area contributed by atoms with Gasteiger partial charge in [-0.3, -0.25) is 0 Å². The summed E-state index contributed by atoms with van der Waals surface area (Å²) < 4.78 is 57.0. The van der Waals surface area contributed by atoms with Crippen molar-refractivity contribution in [3.05, 3.63) is 29.1 Å². The Morgan fingerprint density at radius 2 is 2.00 bits per heavy atom. The summed E-state index contributed by atoms with van der Waals surface area (Å²) in [6.45, 7) is 0. The molecule has 0 radical (unpaired) electrons. The Bertz CT molecular complexity index is 519. The number of alkyl halides is 3. The third kappa shape index (κ3) is 3.10. The van der Waals surface area contributed by atoms with Crippen molar-refractivity contribution in [2.75, 3.05) is 7.11 Å². The summed E-state index contributed by atoms with van der Waals surface area (Å²) in [5, 5.41) is 8.57. The van der Waals surface area contributed by atoms with Gasteiger partial charge in [-0.05, 0) is 6.07 Å². The van der Waals surface area contributed by atoms with Gasteiger partial charge in [-0.15, -0.1) is 13.2 Å². The predicted octanol–water partition coefficient (Wildman–Crippen LogP) is 2.38. The summed E-state index contributed by atoms with van der Waals surface area (Å²) >= 11 is 0. The first kappa shape index (κ1) is 13.8. The van der Waals surface area contributed by atoms with Gasteiger partial charge in [0.2, 0.25) is 0 Å². The average molecular weight is 263 g/mol. The van der Waals surface area contributed by atoms with E-state index < -0.39 is 29.5 Å². The van der Waals surface area contributed by atoms with Gasteiger partial charge in [0.05, 0.1) is 18.7 Å². The predicted molar refractivity (Wildman–Crippen MR) is 49.1 cm³/mol. The van der Waals surface area contributed by atoms with E-state index in [4.69, 9.17) is 5.26 Å². The molecule has 96 valence electrons. The van der Waals surface area contributed by atoms with Gasteiger partial charge in [0.1, 0.15) is 5.56 Å². The first-order chi connectivity index (χ1) is 8.28. The molecule has 1 rings (SSSR count). The number of methoxy groups -OCH3 is 1. The number of hydrogen-bond acceptors (Lipinski definition) is 4. The second kappa shape index (κ2) is 4.91. The van der Waals surface area contributed by atoms with Crippen LogP contribution >= 0.6 is 0 Å². The molecule has 18 heavy (non-hydrogen) atoms. The van der Waals surface area contributed by atoms with Crippen molar-refractivity contribution in [2.24, 2.45) is 0 Å². The number of ether oxygens (including phenoxy) is 2. The molecule has 0 unspecified atom stereocenters. The quantitative estimate of drug-likeness (QED) is 0.607. The zero-order valence-electron chi connectivity index (χ0n) is 8.84. The molecule has 0 spiro atoms. The molecule has 0 fully saturated rings.